The third kappa shape index (κ3) is 5.02. The molecule has 2 heterocycles. The third-order valence-electron chi connectivity index (χ3n) is 3.24. The molecule has 0 aliphatic heterocycles. The van der Waals surface area contributed by atoms with Crippen LogP contribution in [0.5, 0.6) is 0 Å². The van der Waals surface area contributed by atoms with Crippen molar-refractivity contribution in [3.8, 4) is 0 Å². The predicted octanol–water partition coefficient (Wildman–Crippen LogP) is 2.73. The fraction of sp³-hybridized carbons (Fsp3) is 0.625. The van der Waals surface area contributed by atoms with Crippen molar-refractivity contribution in [3.63, 3.8) is 0 Å². The number of nitrogens with one attached hydrogen (secondary N) is 1. The Hall–Kier alpha value is -1.96. The second-order valence-corrected chi connectivity index (χ2v) is 7.71. The lowest BCUT2D eigenvalue weighted by Gasteiger charge is -2.20. The summed E-state index contributed by atoms with van der Waals surface area (Å²) in [6.07, 6.45) is 0. The zero-order valence-corrected chi connectivity index (χ0v) is 16.1. The standard InChI is InChI=1S/C16H26N6OS/c1-7-17-15(22(6)9-12-10-24-11(2)19-12)18-8-13-20-14(23-21-13)16(3,4)5/h10H,7-9H2,1-6H3,(H,17,18). The zero-order valence-electron chi connectivity index (χ0n) is 15.3. The second kappa shape index (κ2) is 7.74. The smallest absolute Gasteiger partial charge is 0.232 e. The van der Waals surface area contributed by atoms with Gasteiger partial charge in [0.05, 0.1) is 17.2 Å². The van der Waals surface area contributed by atoms with Crippen LogP contribution in [0, 0.1) is 6.92 Å². The zero-order chi connectivity index (χ0) is 17.7. The third-order valence-corrected chi connectivity index (χ3v) is 4.06. The predicted molar refractivity (Wildman–Crippen MR) is 96.1 cm³/mol. The van der Waals surface area contributed by atoms with Crippen LogP contribution >= 0.6 is 11.3 Å². The van der Waals surface area contributed by atoms with Crippen LogP contribution in [-0.4, -0.2) is 39.6 Å². The quantitative estimate of drug-likeness (QED) is 0.660. The van der Waals surface area contributed by atoms with E-state index in [1.165, 1.54) is 0 Å². The lowest BCUT2D eigenvalue weighted by molar-refractivity contribution is 0.318. The highest BCUT2D eigenvalue weighted by Crippen LogP contribution is 2.19. The summed E-state index contributed by atoms with van der Waals surface area (Å²) in [6.45, 7) is 12.1. The molecular weight excluding hydrogens is 324 g/mol. The molecule has 8 heteroatoms. The van der Waals surface area contributed by atoms with Gasteiger partial charge in [-0.15, -0.1) is 11.3 Å². The molecule has 2 rings (SSSR count). The van der Waals surface area contributed by atoms with E-state index in [9.17, 15) is 0 Å². The lowest BCUT2D eigenvalue weighted by atomic mass is 9.97. The van der Waals surface area contributed by atoms with E-state index in [1.807, 2.05) is 46.6 Å². The Morgan fingerprint density at radius 1 is 1.38 bits per heavy atom. The van der Waals surface area contributed by atoms with Crippen molar-refractivity contribution < 1.29 is 4.52 Å². The average molecular weight is 350 g/mol. The normalized spacial score (nSPS) is 12.5. The van der Waals surface area contributed by atoms with Gasteiger partial charge in [0, 0.05) is 24.4 Å². The maximum Gasteiger partial charge on any atom is 0.232 e. The van der Waals surface area contributed by atoms with Gasteiger partial charge in [0.25, 0.3) is 0 Å². The number of aromatic nitrogens is 3. The molecule has 0 aromatic carbocycles. The van der Waals surface area contributed by atoms with E-state index in [4.69, 9.17) is 4.52 Å². The first kappa shape index (κ1) is 18.4. The maximum atomic E-state index is 5.31. The van der Waals surface area contributed by atoms with E-state index in [2.05, 4.69) is 30.8 Å². The summed E-state index contributed by atoms with van der Waals surface area (Å²) >= 11 is 1.66. The van der Waals surface area contributed by atoms with E-state index in [0.29, 0.717) is 24.8 Å². The molecule has 0 bridgehead atoms. The van der Waals surface area contributed by atoms with Gasteiger partial charge in [-0.1, -0.05) is 25.9 Å². The fourth-order valence-corrected chi connectivity index (χ4v) is 2.64. The van der Waals surface area contributed by atoms with Crippen molar-refractivity contribution in [2.75, 3.05) is 13.6 Å². The minimum absolute atomic E-state index is 0.154. The van der Waals surface area contributed by atoms with E-state index in [0.717, 1.165) is 23.2 Å². The van der Waals surface area contributed by atoms with Crippen LogP contribution in [0.2, 0.25) is 0 Å². The lowest BCUT2D eigenvalue weighted by Crippen LogP contribution is -2.38. The Morgan fingerprint density at radius 2 is 2.12 bits per heavy atom. The number of aliphatic imine (C=N–C) groups is 1. The summed E-state index contributed by atoms with van der Waals surface area (Å²) in [6, 6.07) is 0. The van der Waals surface area contributed by atoms with Crippen LogP contribution < -0.4 is 5.32 Å². The van der Waals surface area contributed by atoms with Gasteiger partial charge >= 0.3 is 0 Å². The molecule has 2 aromatic rings. The van der Waals surface area contributed by atoms with Gasteiger partial charge in [-0.25, -0.2) is 9.98 Å². The fourth-order valence-electron chi connectivity index (χ4n) is 2.04. The van der Waals surface area contributed by atoms with Crippen molar-refractivity contribution in [2.24, 2.45) is 4.99 Å². The molecule has 0 amide bonds. The highest BCUT2D eigenvalue weighted by atomic mass is 32.1. The highest BCUT2D eigenvalue weighted by molar-refractivity contribution is 7.09. The van der Waals surface area contributed by atoms with Gasteiger partial charge < -0.3 is 14.7 Å². The van der Waals surface area contributed by atoms with Gasteiger partial charge in [0.2, 0.25) is 5.89 Å². The van der Waals surface area contributed by atoms with E-state index < -0.39 is 0 Å². The largest absolute Gasteiger partial charge is 0.357 e. The van der Waals surface area contributed by atoms with E-state index in [-0.39, 0.29) is 5.41 Å². The van der Waals surface area contributed by atoms with Gasteiger partial charge in [0.1, 0.15) is 6.54 Å². The first-order valence-electron chi connectivity index (χ1n) is 8.03. The van der Waals surface area contributed by atoms with Gasteiger partial charge in [-0.05, 0) is 13.8 Å². The molecule has 0 fully saturated rings. The molecular formula is C16H26N6OS. The highest BCUT2D eigenvalue weighted by Gasteiger charge is 2.21. The van der Waals surface area contributed by atoms with E-state index in [1.54, 1.807) is 11.3 Å². The first-order chi connectivity index (χ1) is 11.3. The number of rotatable bonds is 5. The topological polar surface area (TPSA) is 79.4 Å². The van der Waals surface area contributed by atoms with Gasteiger partial charge in [-0.2, -0.15) is 4.98 Å². The molecule has 2 aromatic heterocycles. The second-order valence-electron chi connectivity index (χ2n) is 6.65. The van der Waals surface area contributed by atoms with Crippen LogP contribution in [0.25, 0.3) is 0 Å². The Bertz CT molecular complexity index is 685. The monoisotopic (exact) mass is 350 g/mol. The SMILES string of the molecule is CCNC(=NCc1noc(C(C)(C)C)n1)N(C)Cc1csc(C)n1. The molecule has 0 saturated heterocycles. The number of hydrogen-bond acceptors (Lipinski definition) is 6. The molecule has 0 radical (unpaired) electrons. The molecule has 7 nitrogen and oxygen atoms in total. The minimum atomic E-state index is -0.154. The number of thiazole rings is 1. The number of nitrogens with zero attached hydrogens (tertiary/aromatic N) is 5. The van der Waals surface area contributed by atoms with Gasteiger partial charge in [0.15, 0.2) is 11.8 Å². The molecule has 1 N–H and O–H groups in total. The molecule has 0 spiro atoms. The van der Waals surface area contributed by atoms with Crippen LogP contribution in [0.4, 0.5) is 0 Å². The van der Waals surface area contributed by atoms with Crippen molar-refractivity contribution in [3.05, 3.63) is 27.8 Å². The van der Waals surface area contributed by atoms with Crippen molar-refractivity contribution >= 4 is 17.3 Å². The molecule has 0 aliphatic rings. The van der Waals surface area contributed by atoms with Gasteiger partial charge in [-0.3, -0.25) is 0 Å². The number of hydrogen-bond donors (Lipinski definition) is 1. The summed E-state index contributed by atoms with van der Waals surface area (Å²) in [5.74, 6) is 2.02. The van der Waals surface area contributed by atoms with Crippen LogP contribution in [0.3, 0.4) is 0 Å². The van der Waals surface area contributed by atoms with Crippen molar-refractivity contribution in [2.45, 2.75) is 53.1 Å². The Morgan fingerprint density at radius 3 is 2.67 bits per heavy atom. The van der Waals surface area contributed by atoms with E-state index >= 15 is 0 Å². The Balaban J connectivity index is 2.05. The van der Waals surface area contributed by atoms with Crippen LogP contribution in [0.1, 0.15) is 50.1 Å². The summed E-state index contributed by atoms with van der Waals surface area (Å²) in [4.78, 5) is 15.6. The summed E-state index contributed by atoms with van der Waals surface area (Å²) < 4.78 is 5.31. The summed E-state index contributed by atoms with van der Waals surface area (Å²) in [5, 5.41) is 10.4. The van der Waals surface area contributed by atoms with Crippen molar-refractivity contribution in [1.82, 2.24) is 25.3 Å². The Kier molecular flexibility index (Phi) is 5.93. The molecule has 0 saturated carbocycles. The Labute approximate surface area is 147 Å². The summed E-state index contributed by atoms with van der Waals surface area (Å²) in [7, 11) is 1.99. The molecule has 132 valence electrons. The molecule has 24 heavy (non-hydrogen) atoms. The minimum Gasteiger partial charge on any atom is -0.357 e. The van der Waals surface area contributed by atoms with Crippen LogP contribution in [0.15, 0.2) is 14.9 Å². The van der Waals surface area contributed by atoms with Crippen LogP contribution in [-0.2, 0) is 18.5 Å². The van der Waals surface area contributed by atoms with Crippen molar-refractivity contribution in [1.29, 1.82) is 0 Å². The number of aryl methyl sites for hydroxylation is 1. The summed E-state index contributed by atoms with van der Waals surface area (Å²) in [5.41, 5.74) is 0.888. The first-order valence-corrected chi connectivity index (χ1v) is 8.91. The molecule has 0 aliphatic carbocycles. The molecule has 0 atom stereocenters. The maximum absolute atomic E-state index is 5.31. The molecule has 0 unspecified atom stereocenters. The average Bonchev–Trinajstić information content (AvgIpc) is 3.12. The number of guanidine groups is 1.